The number of rotatable bonds is 4. The van der Waals surface area contributed by atoms with Gasteiger partial charge in [-0.05, 0) is 51.4 Å². The lowest BCUT2D eigenvalue weighted by Gasteiger charge is -2.43. The topological polar surface area (TPSA) is 66.8 Å². The lowest BCUT2D eigenvalue weighted by Crippen LogP contribution is -2.54. The molecule has 5 heteroatoms. The molecule has 0 spiro atoms. The molecule has 1 saturated heterocycles. The molecule has 19 heavy (non-hydrogen) atoms. The number of aliphatic carboxylic acids is 1. The van der Waals surface area contributed by atoms with Crippen LogP contribution in [0.1, 0.15) is 40.0 Å². The van der Waals surface area contributed by atoms with Crippen LogP contribution in [-0.2, 0) is 9.53 Å². The van der Waals surface area contributed by atoms with Crippen LogP contribution in [0.5, 0.6) is 0 Å². The SMILES string of the molecule is CC(C)(C)OC(=O)N1CC(C(CC(=O)O)C2CC2)C1. The molecule has 1 atom stereocenters. The molecule has 108 valence electrons. The van der Waals surface area contributed by atoms with E-state index in [4.69, 9.17) is 9.84 Å². The summed E-state index contributed by atoms with van der Waals surface area (Å²) in [6.45, 7) is 6.82. The van der Waals surface area contributed by atoms with E-state index in [1.807, 2.05) is 20.8 Å². The molecule has 1 aliphatic heterocycles. The van der Waals surface area contributed by atoms with Gasteiger partial charge in [-0.2, -0.15) is 0 Å². The van der Waals surface area contributed by atoms with Crippen LogP contribution in [0.3, 0.4) is 0 Å². The Bertz CT molecular complexity index is 364. The van der Waals surface area contributed by atoms with Crippen molar-refractivity contribution in [2.75, 3.05) is 13.1 Å². The van der Waals surface area contributed by atoms with Crippen molar-refractivity contribution >= 4 is 12.1 Å². The summed E-state index contributed by atoms with van der Waals surface area (Å²) < 4.78 is 5.30. The number of carbonyl (C=O) groups excluding carboxylic acids is 1. The predicted molar refractivity (Wildman–Crippen MR) is 69.8 cm³/mol. The molecule has 0 aromatic heterocycles. The fraction of sp³-hybridized carbons (Fsp3) is 0.857. The number of likely N-dealkylation sites (tertiary alicyclic amines) is 1. The standard InChI is InChI=1S/C14H23NO4/c1-14(2,3)19-13(18)15-7-10(8-15)11(6-12(16)17)9-4-5-9/h9-11H,4-8H2,1-3H3,(H,16,17). The first-order valence-electron chi connectivity index (χ1n) is 6.96. The van der Waals surface area contributed by atoms with Crippen LogP contribution >= 0.6 is 0 Å². The Hall–Kier alpha value is -1.26. The van der Waals surface area contributed by atoms with Crippen molar-refractivity contribution in [1.29, 1.82) is 0 Å². The van der Waals surface area contributed by atoms with Crippen LogP contribution in [0, 0.1) is 17.8 Å². The van der Waals surface area contributed by atoms with Gasteiger partial charge in [-0.15, -0.1) is 0 Å². The summed E-state index contributed by atoms with van der Waals surface area (Å²) in [7, 11) is 0. The van der Waals surface area contributed by atoms with Gasteiger partial charge in [0.1, 0.15) is 5.60 Å². The second-order valence-corrected chi connectivity index (χ2v) is 6.74. The highest BCUT2D eigenvalue weighted by atomic mass is 16.6. The molecule has 1 unspecified atom stereocenters. The van der Waals surface area contributed by atoms with E-state index >= 15 is 0 Å². The van der Waals surface area contributed by atoms with Gasteiger partial charge in [-0.25, -0.2) is 4.79 Å². The molecule has 2 fully saturated rings. The summed E-state index contributed by atoms with van der Waals surface area (Å²) in [5.74, 6) is 0.391. The molecular weight excluding hydrogens is 246 g/mol. The second kappa shape index (κ2) is 5.02. The highest BCUT2D eigenvalue weighted by Gasteiger charge is 2.44. The van der Waals surface area contributed by atoms with Crippen molar-refractivity contribution in [3.05, 3.63) is 0 Å². The highest BCUT2D eigenvalue weighted by molar-refractivity contribution is 5.69. The zero-order chi connectivity index (χ0) is 14.2. The molecule has 0 aromatic carbocycles. The third kappa shape index (κ3) is 3.85. The van der Waals surface area contributed by atoms with E-state index < -0.39 is 11.6 Å². The van der Waals surface area contributed by atoms with E-state index in [9.17, 15) is 9.59 Å². The largest absolute Gasteiger partial charge is 0.481 e. The Morgan fingerprint density at radius 2 is 1.84 bits per heavy atom. The highest BCUT2D eigenvalue weighted by Crippen LogP contribution is 2.45. The smallest absolute Gasteiger partial charge is 0.410 e. The maximum Gasteiger partial charge on any atom is 0.410 e. The van der Waals surface area contributed by atoms with Gasteiger partial charge in [0.25, 0.3) is 0 Å². The van der Waals surface area contributed by atoms with Gasteiger partial charge in [0, 0.05) is 19.5 Å². The number of amides is 1. The quantitative estimate of drug-likeness (QED) is 0.850. The molecule has 1 saturated carbocycles. The first-order valence-corrected chi connectivity index (χ1v) is 6.96. The monoisotopic (exact) mass is 269 g/mol. The summed E-state index contributed by atoms with van der Waals surface area (Å²) in [6, 6.07) is 0. The fourth-order valence-electron chi connectivity index (χ4n) is 2.70. The van der Waals surface area contributed by atoms with E-state index in [0.29, 0.717) is 24.9 Å². The molecule has 0 radical (unpaired) electrons. The number of hydrogen-bond donors (Lipinski definition) is 1. The van der Waals surface area contributed by atoms with Gasteiger partial charge >= 0.3 is 12.1 Å². The minimum atomic E-state index is -0.729. The minimum Gasteiger partial charge on any atom is -0.481 e. The summed E-state index contributed by atoms with van der Waals surface area (Å²) in [5.41, 5.74) is -0.473. The fourth-order valence-corrected chi connectivity index (χ4v) is 2.70. The molecule has 2 rings (SSSR count). The van der Waals surface area contributed by atoms with E-state index in [0.717, 1.165) is 12.8 Å². The van der Waals surface area contributed by atoms with Crippen LogP contribution in [0.2, 0.25) is 0 Å². The average Bonchev–Trinajstić information content (AvgIpc) is 2.92. The maximum atomic E-state index is 11.8. The van der Waals surface area contributed by atoms with Crippen LogP contribution in [-0.4, -0.2) is 40.8 Å². The third-order valence-electron chi connectivity index (χ3n) is 3.80. The lowest BCUT2D eigenvalue weighted by atomic mass is 9.80. The number of nitrogens with zero attached hydrogens (tertiary/aromatic N) is 1. The Balaban J connectivity index is 1.81. The van der Waals surface area contributed by atoms with Gasteiger partial charge in [0.15, 0.2) is 0 Å². The molecule has 1 aliphatic carbocycles. The predicted octanol–water partition coefficient (Wildman–Crippen LogP) is 2.35. The van der Waals surface area contributed by atoms with Gasteiger partial charge in [-0.3, -0.25) is 4.79 Å². The minimum absolute atomic E-state index is 0.233. The van der Waals surface area contributed by atoms with E-state index in [1.54, 1.807) is 4.90 Å². The van der Waals surface area contributed by atoms with Gasteiger partial charge in [0.2, 0.25) is 0 Å². The Morgan fingerprint density at radius 1 is 1.26 bits per heavy atom. The van der Waals surface area contributed by atoms with Crippen LogP contribution in [0.15, 0.2) is 0 Å². The maximum absolute atomic E-state index is 11.8. The molecule has 5 nitrogen and oxygen atoms in total. The Morgan fingerprint density at radius 3 is 2.26 bits per heavy atom. The van der Waals surface area contributed by atoms with E-state index in [2.05, 4.69) is 0 Å². The van der Waals surface area contributed by atoms with Gasteiger partial charge in [0.05, 0.1) is 0 Å². The van der Waals surface area contributed by atoms with Crippen molar-refractivity contribution in [3.8, 4) is 0 Å². The molecule has 1 N–H and O–H groups in total. The molecule has 0 aromatic rings. The molecule has 1 amide bonds. The average molecular weight is 269 g/mol. The van der Waals surface area contributed by atoms with Crippen molar-refractivity contribution in [2.45, 2.75) is 45.6 Å². The first-order chi connectivity index (χ1) is 8.76. The Labute approximate surface area is 113 Å². The zero-order valence-electron chi connectivity index (χ0n) is 11.9. The third-order valence-corrected chi connectivity index (χ3v) is 3.80. The zero-order valence-corrected chi connectivity index (χ0v) is 11.9. The first kappa shape index (κ1) is 14.2. The summed E-state index contributed by atoms with van der Waals surface area (Å²) >= 11 is 0. The lowest BCUT2D eigenvalue weighted by molar-refractivity contribution is -0.139. The van der Waals surface area contributed by atoms with Crippen LogP contribution in [0.25, 0.3) is 0 Å². The van der Waals surface area contributed by atoms with Crippen molar-refractivity contribution in [1.82, 2.24) is 4.90 Å². The van der Waals surface area contributed by atoms with Gasteiger partial charge in [-0.1, -0.05) is 0 Å². The van der Waals surface area contributed by atoms with E-state index in [-0.39, 0.29) is 18.4 Å². The number of carboxylic acid groups (broad SMARTS) is 1. The van der Waals surface area contributed by atoms with Crippen molar-refractivity contribution < 1.29 is 19.4 Å². The van der Waals surface area contributed by atoms with Crippen LogP contribution < -0.4 is 0 Å². The van der Waals surface area contributed by atoms with Crippen molar-refractivity contribution in [3.63, 3.8) is 0 Å². The van der Waals surface area contributed by atoms with Crippen molar-refractivity contribution in [2.24, 2.45) is 17.8 Å². The number of hydrogen-bond acceptors (Lipinski definition) is 3. The number of carbonyl (C=O) groups is 2. The normalized spacial score (nSPS) is 21.7. The second-order valence-electron chi connectivity index (χ2n) is 6.74. The van der Waals surface area contributed by atoms with Crippen LogP contribution in [0.4, 0.5) is 4.79 Å². The van der Waals surface area contributed by atoms with Gasteiger partial charge < -0.3 is 14.7 Å². The van der Waals surface area contributed by atoms with E-state index in [1.165, 1.54) is 0 Å². The number of ether oxygens (including phenoxy) is 1. The summed E-state index contributed by atoms with van der Waals surface area (Å²) in [6.07, 6.45) is 2.23. The molecule has 1 heterocycles. The molecule has 0 bridgehead atoms. The number of carboxylic acids is 1. The molecular formula is C14H23NO4. The Kier molecular flexibility index (Phi) is 3.74. The molecule has 2 aliphatic rings. The summed E-state index contributed by atoms with van der Waals surface area (Å²) in [5, 5.41) is 8.95. The summed E-state index contributed by atoms with van der Waals surface area (Å²) in [4.78, 5) is 24.4.